The van der Waals surface area contributed by atoms with Crippen LogP contribution in [0.1, 0.15) is 31.5 Å². The predicted octanol–water partition coefficient (Wildman–Crippen LogP) is 2.04. The molecule has 0 spiro atoms. The third-order valence-corrected chi connectivity index (χ3v) is 3.05. The zero-order valence-electron chi connectivity index (χ0n) is 10.6. The summed E-state index contributed by atoms with van der Waals surface area (Å²) in [5, 5.41) is 3.98. The molecule has 0 aliphatic carbocycles. The minimum absolute atomic E-state index is 0.211. The van der Waals surface area contributed by atoms with Crippen LogP contribution >= 0.6 is 0 Å². The summed E-state index contributed by atoms with van der Waals surface area (Å²) in [6.07, 6.45) is 0. The second-order valence-corrected chi connectivity index (χ2v) is 4.64. The number of nitrogens with zero attached hydrogens (tertiary/aromatic N) is 3. The number of hydrogen-bond acceptors (Lipinski definition) is 4. The molecule has 2 heterocycles. The molecule has 1 unspecified atom stereocenters. The molecule has 1 atom stereocenters. The van der Waals surface area contributed by atoms with E-state index in [9.17, 15) is 0 Å². The van der Waals surface area contributed by atoms with Crippen molar-refractivity contribution in [1.29, 1.82) is 0 Å². The van der Waals surface area contributed by atoms with Crippen LogP contribution in [0.25, 0.3) is 11.5 Å². The monoisotopic (exact) mass is 234 g/mol. The molecule has 2 aromatic heterocycles. The topological polar surface area (TPSA) is 69.9 Å². The maximum absolute atomic E-state index is 5.97. The molecule has 0 bridgehead atoms. The van der Waals surface area contributed by atoms with Gasteiger partial charge in [0, 0.05) is 12.7 Å². The average molecular weight is 234 g/mol. The van der Waals surface area contributed by atoms with Crippen LogP contribution in [0.4, 0.5) is 0 Å². The van der Waals surface area contributed by atoms with Crippen molar-refractivity contribution in [2.24, 2.45) is 18.7 Å². The molecule has 0 saturated carbocycles. The Hall–Kier alpha value is -1.62. The summed E-state index contributed by atoms with van der Waals surface area (Å²) in [7, 11) is 1.98. The molecule has 0 fully saturated rings. The van der Waals surface area contributed by atoms with Crippen LogP contribution in [0.15, 0.2) is 16.7 Å². The highest BCUT2D eigenvalue weighted by Crippen LogP contribution is 2.22. The predicted molar refractivity (Wildman–Crippen MR) is 65.2 cm³/mol. The zero-order chi connectivity index (χ0) is 12.6. The number of rotatable bonds is 3. The van der Waals surface area contributed by atoms with Gasteiger partial charge >= 0.3 is 0 Å². The summed E-state index contributed by atoms with van der Waals surface area (Å²) in [6.45, 7) is 6.09. The smallest absolute Gasteiger partial charge is 0.244 e. The van der Waals surface area contributed by atoms with E-state index in [1.54, 1.807) is 0 Å². The molecule has 0 aromatic carbocycles. The van der Waals surface area contributed by atoms with Crippen LogP contribution in [0.2, 0.25) is 0 Å². The molecule has 0 aliphatic rings. The van der Waals surface area contributed by atoms with Crippen LogP contribution in [-0.4, -0.2) is 14.7 Å². The Labute approximate surface area is 101 Å². The van der Waals surface area contributed by atoms with Crippen molar-refractivity contribution < 1.29 is 4.52 Å². The molecule has 92 valence electrons. The van der Waals surface area contributed by atoms with Gasteiger partial charge in [0.2, 0.25) is 11.7 Å². The average Bonchev–Trinajstić information content (AvgIpc) is 2.87. The molecule has 0 amide bonds. The van der Waals surface area contributed by atoms with E-state index >= 15 is 0 Å². The first-order valence-corrected chi connectivity index (χ1v) is 5.72. The third-order valence-electron chi connectivity index (χ3n) is 3.05. The van der Waals surface area contributed by atoms with Crippen LogP contribution in [0.5, 0.6) is 0 Å². The Kier molecular flexibility index (Phi) is 3.02. The lowest BCUT2D eigenvalue weighted by Gasteiger charge is -2.09. The highest BCUT2D eigenvalue weighted by molar-refractivity contribution is 5.50. The fourth-order valence-electron chi connectivity index (χ4n) is 1.60. The Morgan fingerprint density at radius 1 is 1.35 bits per heavy atom. The summed E-state index contributed by atoms with van der Waals surface area (Å²) in [5.74, 6) is 1.36. The van der Waals surface area contributed by atoms with E-state index in [2.05, 4.69) is 10.1 Å². The Morgan fingerprint density at radius 2 is 2.06 bits per heavy atom. The van der Waals surface area contributed by atoms with Crippen LogP contribution in [-0.2, 0) is 7.05 Å². The Balaban J connectivity index is 2.33. The standard InChI is InChI=1S/C12H18N4O/c1-7(2)10(13)12-14-11(15-17-12)9-6-5-8(3)16(9)4/h5-7,10H,13H2,1-4H3. The fraction of sp³-hybridized carbons (Fsp3) is 0.500. The third kappa shape index (κ3) is 2.10. The number of aryl methyl sites for hydroxylation is 1. The van der Waals surface area contributed by atoms with E-state index in [0.29, 0.717) is 11.7 Å². The molecule has 2 N–H and O–H groups in total. The van der Waals surface area contributed by atoms with Crippen molar-refractivity contribution in [2.45, 2.75) is 26.8 Å². The second-order valence-electron chi connectivity index (χ2n) is 4.64. The first-order chi connectivity index (χ1) is 8.00. The first-order valence-electron chi connectivity index (χ1n) is 5.72. The highest BCUT2D eigenvalue weighted by atomic mass is 16.5. The van der Waals surface area contributed by atoms with Crippen LogP contribution in [0, 0.1) is 12.8 Å². The van der Waals surface area contributed by atoms with E-state index in [0.717, 1.165) is 11.4 Å². The van der Waals surface area contributed by atoms with Crippen LogP contribution < -0.4 is 5.73 Å². The minimum Gasteiger partial charge on any atom is -0.345 e. The number of aromatic nitrogens is 3. The number of hydrogen-bond donors (Lipinski definition) is 1. The van der Waals surface area contributed by atoms with Gasteiger partial charge in [-0.25, -0.2) is 0 Å². The van der Waals surface area contributed by atoms with Gasteiger partial charge in [0.15, 0.2) is 0 Å². The van der Waals surface area contributed by atoms with E-state index in [-0.39, 0.29) is 12.0 Å². The highest BCUT2D eigenvalue weighted by Gasteiger charge is 2.19. The van der Waals surface area contributed by atoms with Crippen LogP contribution in [0.3, 0.4) is 0 Å². The zero-order valence-corrected chi connectivity index (χ0v) is 10.6. The lowest BCUT2D eigenvalue weighted by molar-refractivity contribution is 0.325. The van der Waals surface area contributed by atoms with Crippen molar-refractivity contribution in [3.8, 4) is 11.5 Å². The summed E-state index contributed by atoms with van der Waals surface area (Å²) >= 11 is 0. The summed E-state index contributed by atoms with van der Waals surface area (Å²) in [5.41, 5.74) is 8.06. The molecule has 17 heavy (non-hydrogen) atoms. The largest absolute Gasteiger partial charge is 0.345 e. The molecule has 2 aromatic rings. The van der Waals surface area contributed by atoms with Crippen molar-refractivity contribution >= 4 is 0 Å². The Bertz CT molecular complexity index is 512. The van der Waals surface area contributed by atoms with Gasteiger partial charge in [-0.05, 0) is 25.0 Å². The quantitative estimate of drug-likeness (QED) is 0.882. The fourth-order valence-corrected chi connectivity index (χ4v) is 1.60. The SMILES string of the molecule is Cc1ccc(-c2noc(C(N)C(C)C)n2)n1C. The Morgan fingerprint density at radius 3 is 2.59 bits per heavy atom. The lowest BCUT2D eigenvalue weighted by atomic mass is 10.1. The molecule has 0 aliphatic heterocycles. The molecular weight excluding hydrogens is 216 g/mol. The van der Waals surface area contributed by atoms with Crippen molar-refractivity contribution in [1.82, 2.24) is 14.7 Å². The normalized spacial score (nSPS) is 13.3. The second kappa shape index (κ2) is 4.33. The molecule has 5 nitrogen and oxygen atoms in total. The van der Waals surface area contributed by atoms with Gasteiger partial charge in [0.25, 0.3) is 0 Å². The van der Waals surface area contributed by atoms with E-state index in [4.69, 9.17) is 10.3 Å². The van der Waals surface area contributed by atoms with E-state index in [1.165, 1.54) is 0 Å². The van der Waals surface area contributed by atoms with Gasteiger partial charge in [-0.3, -0.25) is 0 Å². The van der Waals surface area contributed by atoms with Gasteiger partial charge in [0.05, 0.1) is 11.7 Å². The van der Waals surface area contributed by atoms with Gasteiger partial charge in [-0.15, -0.1) is 0 Å². The molecule has 5 heteroatoms. The lowest BCUT2D eigenvalue weighted by Crippen LogP contribution is -2.16. The summed E-state index contributed by atoms with van der Waals surface area (Å²) in [6, 6.07) is 3.79. The van der Waals surface area contributed by atoms with Gasteiger partial charge < -0.3 is 14.8 Å². The number of nitrogens with two attached hydrogens (primary N) is 1. The first kappa shape index (κ1) is 11.9. The molecule has 2 rings (SSSR count). The summed E-state index contributed by atoms with van der Waals surface area (Å²) in [4.78, 5) is 4.35. The van der Waals surface area contributed by atoms with E-state index in [1.807, 2.05) is 44.5 Å². The van der Waals surface area contributed by atoms with Gasteiger partial charge in [-0.2, -0.15) is 4.98 Å². The molecule has 0 radical (unpaired) electrons. The minimum atomic E-state index is -0.211. The molecular formula is C12H18N4O. The van der Waals surface area contributed by atoms with Gasteiger partial charge in [-0.1, -0.05) is 19.0 Å². The van der Waals surface area contributed by atoms with Crippen molar-refractivity contribution in [2.75, 3.05) is 0 Å². The van der Waals surface area contributed by atoms with Crippen molar-refractivity contribution in [3.63, 3.8) is 0 Å². The van der Waals surface area contributed by atoms with Gasteiger partial charge in [0.1, 0.15) is 0 Å². The van der Waals surface area contributed by atoms with E-state index < -0.39 is 0 Å². The maximum atomic E-state index is 5.97. The van der Waals surface area contributed by atoms with Crippen molar-refractivity contribution in [3.05, 3.63) is 23.7 Å². The summed E-state index contributed by atoms with van der Waals surface area (Å²) < 4.78 is 7.23. The molecule has 0 saturated heterocycles. The maximum Gasteiger partial charge on any atom is 0.244 e.